The van der Waals surface area contributed by atoms with E-state index in [1.165, 1.54) is 21.6 Å². The molecule has 0 amide bonds. The molecule has 0 fully saturated rings. The van der Waals surface area contributed by atoms with E-state index in [1.807, 2.05) is 0 Å². The van der Waals surface area contributed by atoms with Crippen molar-refractivity contribution in [1.29, 1.82) is 0 Å². The number of rotatable bonds is 7. The molecule has 1 aromatic carbocycles. The van der Waals surface area contributed by atoms with E-state index < -0.39 is 0 Å². The van der Waals surface area contributed by atoms with Crippen LogP contribution in [-0.4, -0.2) is 23.1 Å². The van der Waals surface area contributed by atoms with Crippen molar-refractivity contribution in [3.8, 4) is 11.1 Å². The largest absolute Gasteiger partial charge is 0.355 e. The number of halogens is 1. The first-order valence-electron chi connectivity index (χ1n) is 10.1. The van der Waals surface area contributed by atoms with Crippen molar-refractivity contribution < 1.29 is 0 Å². The highest BCUT2D eigenvalue weighted by atomic mass is 35.5. The Bertz CT molecular complexity index is 935. The molecule has 0 N–H and O–H groups in total. The van der Waals surface area contributed by atoms with Gasteiger partial charge in [0.2, 0.25) is 5.28 Å². The van der Waals surface area contributed by atoms with Crippen molar-refractivity contribution in [3.63, 3.8) is 0 Å². The molecular weight excluding hydrogens is 386 g/mol. The lowest BCUT2D eigenvalue weighted by Gasteiger charge is -2.28. The van der Waals surface area contributed by atoms with E-state index in [0.29, 0.717) is 17.1 Å². The number of benzene rings is 1. The third-order valence-electron chi connectivity index (χ3n) is 4.80. The van der Waals surface area contributed by atoms with E-state index in [4.69, 9.17) is 16.6 Å². The average molecular weight is 416 g/mol. The Balaban J connectivity index is 2.23. The summed E-state index contributed by atoms with van der Waals surface area (Å²) in [6.07, 6.45) is 1.05. The van der Waals surface area contributed by atoms with Crippen molar-refractivity contribution in [2.45, 2.75) is 48.0 Å². The maximum absolute atomic E-state index is 6.35. The monoisotopic (exact) mass is 415 g/mol. The Labute approximate surface area is 177 Å². The molecule has 5 heteroatoms. The molecule has 28 heavy (non-hydrogen) atoms. The second kappa shape index (κ2) is 8.79. The molecule has 0 radical (unpaired) electrons. The van der Waals surface area contributed by atoms with Crippen LogP contribution in [0.25, 0.3) is 21.3 Å². The lowest BCUT2D eigenvalue weighted by molar-refractivity contribution is 0.550. The number of aryl methyl sites for hydroxylation is 2. The van der Waals surface area contributed by atoms with Crippen LogP contribution >= 0.6 is 22.9 Å². The summed E-state index contributed by atoms with van der Waals surface area (Å²) in [5, 5.41) is 1.46. The number of nitrogens with zero attached hydrogens (tertiary/aromatic N) is 3. The molecular formula is C23H30ClN3S. The molecule has 0 saturated heterocycles. The minimum Gasteiger partial charge on any atom is -0.355 e. The summed E-state index contributed by atoms with van der Waals surface area (Å²) in [6, 6.07) is 8.88. The standard InChI is InChI=1S/C23H30ClN3S/c1-7-17-8-10-18(11-9-17)19-16(6)28-22-20(19)21(25-23(24)26-22)27(12-14(2)3)13-15(4)5/h8-11,14-15H,7,12-13H2,1-6H3. The topological polar surface area (TPSA) is 29.0 Å². The predicted octanol–water partition coefficient (Wildman–Crippen LogP) is 7.00. The maximum atomic E-state index is 6.35. The lowest BCUT2D eigenvalue weighted by atomic mass is 10.0. The Hall–Kier alpha value is -1.65. The van der Waals surface area contributed by atoms with E-state index in [-0.39, 0.29) is 0 Å². The molecule has 0 saturated carbocycles. The minimum absolute atomic E-state index is 0.328. The summed E-state index contributed by atoms with van der Waals surface area (Å²) in [7, 11) is 0. The molecule has 0 bridgehead atoms. The molecule has 0 aliphatic heterocycles. The number of hydrogen-bond acceptors (Lipinski definition) is 4. The van der Waals surface area contributed by atoms with Gasteiger partial charge in [0.15, 0.2) is 0 Å². The highest BCUT2D eigenvalue weighted by Gasteiger charge is 2.23. The summed E-state index contributed by atoms with van der Waals surface area (Å²) in [5.41, 5.74) is 3.82. The Morgan fingerprint density at radius 2 is 1.61 bits per heavy atom. The van der Waals surface area contributed by atoms with Crippen LogP contribution in [0.5, 0.6) is 0 Å². The number of anilines is 1. The van der Waals surface area contributed by atoms with Crippen molar-refractivity contribution in [2.75, 3.05) is 18.0 Å². The summed E-state index contributed by atoms with van der Waals surface area (Å²) >= 11 is 8.05. The number of hydrogen-bond donors (Lipinski definition) is 0. The molecule has 2 aromatic heterocycles. The van der Waals surface area contributed by atoms with Gasteiger partial charge in [0, 0.05) is 23.5 Å². The molecule has 3 rings (SSSR count). The van der Waals surface area contributed by atoms with Crippen molar-refractivity contribution in [2.24, 2.45) is 11.8 Å². The Morgan fingerprint density at radius 1 is 1.00 bits per heavy atom. The van der Waals surface area contributed by atoms with Gasteiger partial charge in [-0.1, -0.05) is 58.9 Å². The van der Waals surface area contributed by atoms with Crippen LogP contribution in [0.1, 0.15) is 45.1 Å². The zero-order valence-electron chi connectivity index (χ0n) is 17.7. The van der Waals surface area contributed by atoms with E-state index >= 15 is 0 Å². The van der Waals surface area contributed by atoms with Crippen LogP contribution in [0.15, 0.2) is 24.3 Å². The summed E-state index contributed by atoms with van der Waals surface area (Å²) in [5.74, 6) is 2.04. The van der Waals surface area contributed by atoms with Crippen LogP contribution in [0.2, 0.25) is 5.28 Å². The molecule has 0 aliphatic carbocycles. The Morgan fingerprint density at radius 3 is 2.14 bits per heavy atom. The van der Waals surface area contributed by atoms with E-state index in [1.54, 1.807) is 11.3 Å². The fourth-order valence-corrected chi connectivity index (χ4v) is 4.94. The molecule has 3 nitrogen and oxygen atoms in total. The molecule has 0 spiro atoms. The number of fused-ring (bicyclic) bond motifs is 1. The van der Waals surface area contributed by atoms with E-state index in [2.05, 4.69) is 75.7 Å². The van der Waals surface area contributed by atoms with E-state index in [0.717, 1.165) is 35.5 Å². The summed E-state index contributed by atoms with van der Waals surface area (Å²) in [4.78, 5) is 13.9. The van der Waals surface area contributed by atoms with Crippen molar-refractivity contribution >= 4 is 39.0 Å². The van der Waals surface area contributed by atoms with Gasteiger partial charge >= 0.3 is 0 Å². The van der Waals surface area contributed by atoms with Gasteiger partial charge in [-0.2, -0.15) is 4.98 Å². The third-order valence-corrected chi connectivity index (χ3v) is 5.97. The average Bonchev–Trinajstić information content (AvgIpc) is 2.95. The molecule has 3 aromatic rings. The van der Waals surface area contributed by atoms with Gasteiger partial charge in [-0.25, -0.2) is 4.98 Å². The highest BCUT2D eigenvalue weighted by molar-refractivity contribution is 7.19. The molecule has 0 atom stereocenters. The van der Waals surface area contributed by atoms with E-state index in [9.17, 15) is 0 Å². The fourth-order valence-electron chi connectivity index (χ4n) is 3.68. The van der Waals surface area contributed by atoms with Gasteiger partial charge in [0.25, 0.3) is 0 Å². The number of thiophene rings is 1. The van der Waals surface area contributed by atoms with Crippen molar-refractivity contribution in [3.05, 3.63) is 40.0 Å². The van der Waals surface area contributed by atoms with Gasteiger partial charge in [0.1, 0.15) is 10.6 Å². The van der Waals surface area contributed by atoms with Crippen molar-refractivity contribution in [1.82, 2.24) is 9.97 Å². The highest BCUT2D eigenvalue weighted by Crippen LogP contribution is 2.42. The third kappa shape index (κ3) is 4.49. The van der Waals surface area contributed by atoms with Gasteiger partial charge in [-0.05, 0) is 47.9 Å². The smallest absolute Gasteiger partial charge is 0.225 e. The second-order valence-corrected chi connectivity index (χ2v) is 9.81. The zero-order chi connectivity index (χ0) is 20.4. The van der Waals surface area contributed by atoms with Gasteiger partial charge in [-0.15, -0.1) is 11.3 Å². The summed E-state index contributed by atoms with van der Waals surface area (Å²) in [6.45, 7) is 15.2. The first kappa shape index (κ1) is 21.1. The molecule has 0 unspecified atom stereocenters. The SMILES string of the molecule is CCc1ccc(-c2c(C)sc3nc(Cl)nc(N(CC(C)C)CC(C)C)c23)cc1. The second-order valence-electron chi connectivity index (χ2n) is 8.27. The first-order chi connectivity index (χ1) is 13.3. The fraction of sp³-hybridized carbons (Fsp3) is 0.478. The van der Waals surface area contributed by atoms with Gasteiger partial charge in [-0.3, -0.25) is 0 Å². The molecule has 2 heterocycles. The number of aromatic nitrogens is 2. The predicted molar refractivity (Wildman–Crippen MR) is 124 cm³/mol. The quantitative estimate of drug-likeness (QED) is 0.389. The lowest BCUT2D eigenvalue weighted by Crippen LogP contribution is -2.32. The van der Waals surface area contributed by atoms with Crippen LogP contribution < -0.4 is 4.90 Å². The first-order valence-corrected chi connectivity index (χ1v) is 11.3. The maximum Gasteiger partial charge on any atom is 0.225 e. The van der Waals surface area contributed by atoms with Crippen LogP contribution in [0, 0.1) is 18.8 Å². The van der Waals surface area contributed by atoms with Gasteiger partial charge in [0.05, 0.1) is 5.39 Å². The van der Waals surface area contributed by atoms with Crippen LogP contribution in [-0.2, 0) is 6.42 Å². The minimum atomic E-state index is 0.328. The van der Waals surface area contributed by atoms with Crippen LogP contribution in [0.4, 0.5) is 5.82 Å². The van der Waals surface area contributed by atoms with Gasteiger partial charge < -0.3 is 4.90 Å². The molecule has 0 aliphatic rings. The molecule has 150 valence electrons. The zero-order valence-corrected chi connectivity index (χ0v) is 19.3. The van der Waals surface area contributed by atoms with Crippen LogP contribution in [0.3, 0.4) is 0 Å². The summed E-state index contributed by atoms with van der Waals surface area (Å²) < 4.78 is 0. The normalized spacial score (nSPS) is 11.8. The Kier molecular flexibility index (Phi) is 6.61.